The van der Waals surface area contributed by atoms with Crippen LogP contribution in [-0.4, -0.2) is 29.9 Å². The van der Waals surface area contributed by atoms with E-state index in [0.717, 1.165) is 0 Å². The molecule has 1 rings (SSSR count). The molecule has 0 saturated carbocycles. The molecule has 0 aliphatic rings. The molecule has 86 valence electrons. The first-order chi connectivity index (χ1) is 6.83. The van der Waals surface area contributed by atoms with Crippen LogP contribution in [0.3, 0.4) is 0 Å². The molecule has 1 atom stereocenters. The average Bonchev–Trinajstić information content (AvgIpc) is 2.45. The molecule has 0 bridgehead atoms. The highest BCUT2D eigenvalue weighted by Gasteiger charge is 2.18. The normalized spacial score (nSPS) is 14.1. The van der Waals surface area contributed by atoms with Gasteiger partial charge in [0.1, 0.15) is 5.82 Å². The lowest BCUT2D eigenvalue weighted by Gasteiger charge is -2.04. The van der Waals surface area contributed by atoms with Crippen LogP contribution in [0.1, 0.15) is 12.7 Å². The van der Waals surface area contributed by atoms with Crippen molar-refractivity contribution in [2.45, 2.75) is 24.3 Å². The van der Waals surface area contributed by atoms with Gasteiger partial charge in [0.2, 0.25) is 0 Å². The van der Waals surface area contributed by atoms with Gasteiger partial charge in [0.05, 0.1) is 0 Å². The van der Waals surface area contributed by atoms with Gasteiger partial charge in [0.15, 0.2) is 5.03 Å². The zero-order valence-electron chi connectivity index (χ0n) is 8.86. The van der Waals surface area contributed by atoms with Crippen molar-refractivity contribution in [1.82, 2.24) is 14.3 Å². The van der Waals surface area contributed by atoms with Gasteiger partial charge in [-0.2, -0.15) is 0 Å². The smallest absolute Gasteiger partial charge is 0.259 e. The van der Waals surface area contributed by atoms with Gasteiger partial charge >= 0.3 is 0 Å². The van der Waals surface area contributed by atoms with E-state index in [2.05, 4.69) is 9.71 Å². The Balaban J connectivity index is 2.87. The van der Waals surface area contributed by atoms with Crippen molar-refractivity contribution in [2.75, 3.05) is 6.54 Å². The molecular weight excluding hydrogens is 238 g/mol. The fraction of sp³-hybridized carbons (Fsp3) is 0.625. The standard InChI is InChI=1S/C8H14ClN3O2S/c1-6(9)4-10-15(13,14)8-5-12(3)7(2)11-8/h5-6,10H,4H2,1-3H3. The van der Waals surface area contributed by atoms with E-state index in [1.807, 2.05) is 0 Å². The van der Waals surface area contributed by atoms with Crippen LogP contribution in [-0.2, 0) is 17.1 Å². The number of aryl methyl sites for hydroxylation is 2. The lowest BCUT2D eigenvalue weighted by atomic mass is 10.5. The van der Waals surface area contributed by atoms with E-state index in [9.17, 15) is 8.42 Å². The zero-order valence-corrected chi connectivity index (χ0v) is 10.4. The minimum Gasteiger partial charge on any atom is -0.337 e. The minimum atomic E-state index is -3.52. The Morgan fingerprint density at radius 2 is 2.27 bits per heavy atom. The summed E-state index contributed by atoms with van der Waals surface area (Å²) in [6.07, 6.45) is 1.47. The van der Waals surface area contributed by atoms with Gasteiger partial charge in [0.25, 0.3) is 10.0 Å². The Bertz CT molecular complexity index is 419. The Morgan fingerprint density at radius 1 is 1.67 bits per heavy atom. The van der Waals surface area contributed by atoms with Gasteiger partial charge < -0.3 is 4.57 Å². The number of hydrogen-bond acceptors (Lipinski definition) is 3. The molecular formula is C8H14ClN3O2S. The highest BCUT2D eigenvalue weighted by molar-refractivity contribution is 7.89. The van der Waals surface area contributed by atoms with Crippen molar-refractivity contribution in [3.8, 4) is 0 Å². The first kappa shape index (κ1) is 12.5. The molecule has 0 amide bonds. The number of nitrogens with one attached hydrogen (secondary N) is 1. The quantitative estimate of drug-likeness (QED) is 0.799. The molecule has 1 aromatic heterocycles. The van der Waals surface area contributed by atoms with Crippen LogP contribution in [0.25, 0.3) is 0 Å². The van der Waals surface area contributed by atoms with Gasteiger partial charge in [0, 0.05) is 25.2 Å². The molecule has 0 radical (unpaired) electrons. The summed E-state index contributed by atoms with van der Waals surface area (Å²) in [5.41, 5.74) is 0. The number of hydrogen-bond donors (Lipinski definition) is 1. The van der Waals surface area contributed by atoms with Crippen LogP contribution in [0, 0.1) is 6.92 Å². The molecule has 0 fully saturated rings. The molecule has 1 unspecified atom stereocenters. The maximum Gasteiger partial charge on any atom is 0.259 e. The summed E-state index contributed by atoms with van der Waals surface area (Å²) in [5, 5.41) is -0.218. The Labute approximate surface area is 94.5 Å². The van der Waals surface area contributed by atoms with Crippen LogP contribution in [0.15, 0.2) is 11.2 Å². The number of aromatic nitrogens is 2. The predicted molar refractivity (Wildman–Crippen MR) is 58.4 cm³/mol. The van der Waals surface area contributed by atoms with Gasteiger partial charge in [-0.25, -0.2) is 18.1 Å². The minimum absolute atomic E-state index is 0.0276. The third-order valence-corrected chi connectivity index (χ3v) is 3.36. The van der Waals surface area contributed by atoms with Crippen LogP contribution in [0.5, 0.6) is 0 Å². The fourth-order valence-corrected chi connectivity index (χ4v) is 2.29. The van der Waals surface area contributed by atoms with Gasteiger partial charge in [-0.05, 0) is 13.8 Å². The predicted octanol–water partition coefficient (Wildman–Crippen LogP) is 0.634. The van der Waals surface area contributed by atoms with Crippen molar-refractivity contribution in [3.05, 3.63) is 12.0 Å². The topological polar surface area (TPSA) is 64.0 Å². The fourth-order valence-electron chi connectivity index (χ4n) is 0.954. The average molecular weight is 252 g/mol. The molecule has 0 aliphatic heterocycles. The lowest BCUT2D eigenvalue weighted by Crippen LogP contribution is -2.29. The molecule has 0 spiro atoms. The maximum atomic E-state index is 11.7. The second-order valence-electron chi connectivity index (χ2n) is 3.37. The summed E-state index contributed by atoms with van der Waals surface area (Å²) >= 11 is 5.66. The number of alkyl halides is 1. The number of nitrogens with zero attached hydrogens (tertiary/aromatic N) is 2. The van der Waals surface area contributed by atoms with Gasteiger partial charge in [-0.15, -0.1) is 11.6 Å². The molecule has 1 N–H and O–H groups in total. The summed E-state index contributed by atoms with van der Waals surface area (Å²) in [7, 11) is -1.78. The Morgan fingerprint density at radius 3 is 2.67 bits per heavy atom. The van der Waals surface area contributed by atoms with Crippen molar-refractivity contribution in [1.29, 1.82) is 0 Å². The highest BCUT2D eigenvalue weighted by atomic mass is 35.5. The third-order valence-electron chi connectivity index (χ3n) is 1.92. The summed E-state index contributed by atoms with van der Waals surface area (Å²) in [6.45, 7) is 3.65. The van der Waals surface area contributed by atoms with Crippen molar-refractivity contribution in [3.63, 3.8) is 0 Å². The number of sulfonamides is 1. The van der Waals surface area contributed by atoms with E-state index in [0.29, 0.717) is 5.82 Å². The van der Waals surface area contributed by atoms with Crippen LogP contribution in [0.4, 0.5) is 0 Å². The Hall–Kier alpha value is -0.590. The largest absolute Gasteiger partial charge is 0.337 e. The van der Waals surface area contributed by atoms with Crippen molar-refractivity contribution in [2.24, 2.45) is 7.05 Å². The molecule has 1 heterocycles. The number of imidazole rings is 1. The van der Waals surface area contributed by atoms with E-state index < -0.39 is 10.0 Å². The maximum absolute atomic E-state index is 11.7. The van der Waals surface area contributed by atoms with E-state index in [1.165, 1.54) is 6.20 Å². The third kappa shape index (κ3) is 3.19. The summed E-state index contributed by atoms with van der Waals surface area (Å²) in [6, 6.07) is 0. The monoisotopic (exact) mass is 251 g/mol. The second-order valence-corrected chi connectivity index (χ2v) is 5.83. The van der Waals surface area contributed by atoms with E-state index >= 15 is 0 Å². The molecule has 15 heavy (non-hydrogen) atoms. The Kier molecular flexibility index (Phi) is 3.75. The van der Waals surface area contributed by atoms with Gasteiger partial charge in [-0.1, -0.05) is 0 Å². The first-order valence-corrected chi connectivity index (χ1v) is 6.38. The van der Waals surface area contributed by atoms with Crippen LogP contribution in [0.2, 0.25) is 0 Å². The molecule has 5 nitrogen and oxygen atoms in total. The van der Waals surface area contributed by atoms with Gasteiger partial charge in [-0.3, -0.25) is 0 Å². The van der Waals surface area contributed by atoms with E-state index in [1.54, 1.807) is 25.5 Å². The van der Waals surface area contributed by atoms with Crippen LogP contribution >= 0.6 is 11.6 Å². The first-order valence-electron chi connectivity index (χ1n) is 4.46. The number of rotatable bonds is 4. The molecule has 1 aromatic rings. The van der Waals surface area contributed by atoms with E-state index in [-0.39, 0.29) is 16.9 Å². The summed E-state index contributed by atoms with van der Waals surface area (Å²) < 4.78 is 27.3. The SMILES string of the molecule is Cc1nc(S(=O)(=O)NCC(C)Cl)cn1C. The highest BCUT2D eigenvalue weighted by Crippen LogP contribution is 2.07. The number of halogens is 1. The summed E-state index contributed by atoms with van der Waals surface area (Å²) in [4.78, 5) is 3.93. The molecule has 0 saturated heterocycles. The summed E-state index contributed by atoms with van der Waals surface area (Å²) in [5.74, 6) is 0.647. The lowest BCUT2D eigenvalue weighted by molar-refractivity contribution is 0.577. The van der Waals surface area contributed by atoms with E-state index in [4.69, 9.17) is 11.6 Å². The van der Waals surface area contributed by atoms with Crippen molar-refractivity contribution < 1.29 is 8.42 Å². The zero-order chi connectivity index (χ0) is 11.6. The second kappa shape index (κ2) is 4.51. The molecule has 0 aromatic carbocycles. The molecule has 0 aliphatic carbocycles. The molecule has 7 heteroatoms. The van der Waals surface area contributed by atoms with Crippen LogP contribution < -0.4 is 4.72 Å². The van der Waals surface area contributed by atoms with Crippen molar-refractivity contribution >= 4 is 21.6 Å².